The van der Waals surface area contributed by atoms with Gasteiger partial charge < -0.3 is 10.3 Å². The fourth-order valence-corrected chi connectivity index (χ4v) is 2.68. The molecule has 0 atom stereocenters. The maximum absolute atomic E-state index is 12.0. The van der Waals surface area contributed by atoms with Crippen LogP contribution in [0, 0.1) is 0 Å². The molecule has 0 bridgehead atoms. The number of imidazole rings is 1. The lowest BCUT2D eigenvalue weighted by molar-refractivity contribution is 0.579. The monoisotopic (exact) mass is 295 g/mol. The van der Waals surface area contributed by atoms with Crippen molar-refractivity contribution in [3.05, 3.63) is 42.2 Å². The number of hydrogen-bond acceptors (Lipinski definition) is 5. The van der Waals surface area contributed by atoms with Gasteiger partial charge in [-0.2, -0.15) is 0 Å². The van der Waals surface area contributed by atoms with Gasteiger partial charge >= 0.3 is 0 Å². The lowest BCUT2D eigenvalue weighted by atomic mass is 10.4. The molecular formula is C12H17N5O2S. The van der Waals surface area contributed by atoms with E-state index in [0.29, 0.717) is 12.1 Å². The van der Waals surface area contributed by atoms with Crippen LogP contribution in [0.15, 0.2) is 35.6 Å². The molecule has 0 saturated heterocycles. The first-order valence-electron chi connectivity index (χ1n) is 6.14. The van der Waals surface area contributed by atoms with Crippen LogP contribution in [0.2, 0.25) is 0 Å². The molecule has 0 radical (unpaired) electrons. The molecule has 8 heteroatoms. The largest absolute Gasteiger partial charge is 0.338 e. The Kier molecular flexibility index (Phi) is 4.48. The first-order valence-corrected chi connectivity index (χ1v) is 7.62. The fraction of sp³-hybridized carbons (Fsp3) is 0.333. The van der Waals surface area contributed by atoms with Crippen molar-refractivity contribution >= 4 is 10.0 Å². The molecular weight excluding hydrogens is 278 g/mol. The van der Waals surface area contributed by atoms with E-state index in [1.165, 1.54) is 12.3 Å². The summed E-state index contributed by atoms with van der Waals surface area (Å²) in [5.41, 5.74) is 6.07. The van der Waals surface area contributed by atoms with Gasteiger partial charge in [-0.05, 0) is 12.1 Å². The van der Waals surface area contributed by atoms with Crippen molar-refractivity contribution in [2.75, 3.05) is 6.54 Å². The summed E-state index contributed by atoms with van der Waals surface area (Å²) in [5, 5.41) is 0. The zero-order valence-corrected chi connectivity index (χ0v) is 12.0. The summed E-state index contributed by atoms with van der Waals surface area (Å²) < 4.78 is 28.5. The standard InChI is InChI=1S/C12H17N5O2S/c1-17-7-6-14-12(17)4-5-16-20(18,19)11-3-2-10(8-13)15-9-11/h2-3,6-7,9,16H,4-5,8,13H2,1H3. The first-order chi connectivity index (χ1) is 9.53. The van der Waals surface area contributed by atoms with Gasteiger partial charge in [-0.25, -0.2) is 18.1 Å². The maximum atomic E-state index is 12.0. The van der Waals surface area contributed by atoms with Crippen LogP contribution < -0.4 is 10.5 Å². The van der Waals surface area contributed by atoms with E-state index in [9.17, 15) is 8.42 Å². The van der Waals surface area contributed by atoms with Crippen LogP contribution in [0.25, 0.3) is 0 Å². The van der Waals surface area contributed by atoms with Crippen molar-refractivity contribution in [2.45, 2.75) is 17.9 Å². The minimum Gasteiger partial charge on any atom is -0.338 e. The molecule has 0 saturated carbocycles. The topological polar surface area (TPSA) is 103 Å². The molecule has 0 aliphatic rings. The van der Waals surface area contributed by atoms with Crippen molar-refractivity contribution in [2.24, 2.45) is 12.8 Å². The van der Waals surface area contributed by atoms with Crippen molar-refractivity contribution < 1.29 is 8.42 Å². The van der Waals surface area contributed by atoms with Gasteiger partial charge in [0.05, 0.1) is 5.69 Å². The highest BCUT2D eigenvalue weighted by Gasteiger charge is 2.14. The fourth-order valence-electron chi connectivity index (χ4n) is 1.71. The Hall–Kier alpha value is -1.77. The lowest BCUT2D eigenvalue weighted by Crippen LogP contribution is -2.26. The Bertz CT molecular complexity index is 663. The molecule has 0 unspecified atom stereocenters. The molecule has 2 aromatic heterocycles. The van der Waals surface area contributed by atoms with Crippen molar-refractivity contribution in [1.82, 2.24) is 19.3 Å². The van der Waals surface area contributed by atoms with Gasteiger partial charge in [0.2, 0.25) is 10.0 Å². The van der Waals surface area contributed by atoms with E-state index < -0.39 is 10.0 Å². The number of nitrogens with zero attached hydrogens (tertiary/aromatic N) is 3. The number of aryl methyl sites for hydroxylation is 1. The van der Waals surface area contributed by atoms with Crippen LogP contribution in [0.3, 0.4) is 0 Å². The Morgan fingerprint density at radius 3 is 2.70 bits per heavy atom. The van der Waals surface area contributed by atoms with E-state index >= 15 is 0 Å². The zero-order valence-electron chi connectivity index (χ0n) is 11.2. The lowest BCUT2D eigenvalue weighted by Gasteiger charge is -2.07. The Labute approximate surface area is 117 Å². The molecule has 0 spiro atoms. The van der Waals surface area contributed by atoms with Gasteiger partial charge in [0, 0.05) is 45.1 Å². The molecule has 0 aromatic carbocycles. The number of pyridine rings is 1. The summed E-state index contributed by atoms with van der Waals surface area (Å²) in [6.07, 6.45) is 5.33. The number of aromatic nitrogens is 3. The summed E-state index contributed by atoms with van der Waals surface area (Å²) in [6.45, 7) is 0.568. The minimum absolute atomic E-state index is 0.134. The predicted octanol–water partition coefficient (Wildman–Crippen LogP) is -0.205. The van der Waals surface area contributed by atoms with Crippen LogP contribution in [0.4, 0.5) is 0 Å². The average Bonchev–Trinajstić information content (AvgIpc) is 2.84. The Balaban J connectivity index is 1.98. The number of nitrogens with one attached hydrogen (secondary N) is 1. The van der Waals surface area contributed by atoms with Crippen LogP contribution in [0.1, 0.15) is 11.5 Å². The van der Waals surface area contributed by atoms with Crippen LogP contribution in [0.5, 0.6) is 0 Å². The van der Waals surface area contributed by atoms with Gasteiger partial charge in [-0.15, -0.1) is 0 Å². The number of nitrogens with two attached hydrogens (primary N) is 1. The van der Waals surface area contributed by atoms with E-state index in [1.54, 1.807) is 12.3 Å². The SMILES string of the molecule is Cn1ccnc1CCNS(=O)(=O)c1ccc(CN)nc1. The second kappa shape index (κ2) is 6.12. The summed E-state index contributed by atoms with van der Waals surface area (Å²) in [5.74, 6) is 0.823. The highest BCUT2D eigenvalue weighted by atomic mass is 32.2. The third kappa shape index (κ3) is 3.41. The second-order valence-corrected chi connectivity index (χ2v) is 6.06. The quantitative estimate of drug-likeness (QED) is 0.768. The summed E-state index contributed by atoms with van der Waals surface area (Å²) in [7, 11) is -1.67. The van der Waals surface area contributed by atoms with Gasteiger partial charge in [0.15, 0.2) is 0 Å². The molecule has 108 valence electrons. The summed E-state index contributed by atoms with van der Waals surface area (Å²) in [4.78, 5) is 8.24. The molecule has 0 fully saturated rings. The molecule has 0 amide bonds. The van der Waals surface area contributed by atoms with Crippen molar-refractivity contribution in [1.29, 1.82) is 0 Å². The molecule has 7 nitrogen and oxygen atoms in total. The van der Waals surface area contributed by atoms with Crippen LogP contribution in [-0.4, -0.2) is 29.5 Å². The maximum Gasteiger partial charge on any atom is 0.242 e. The molecule has 2 rings (SSSR count). The van der Waals surface area contributed by atoms with Crippen LogP contribution >= 0.6 is 0 Å². The van der Waals surface area contributed by atoms with E-state index in [1.807, 2.05) is 17.8 Å². The zero-order chi connectivity index (χ0) is 14.6. The summed E-state index contributed by atoms with van der Waals surface area (Å²) >= 11 is 0. The summed E-state index contributed by atoms with van der Waals surface area (Å²) in [6, 6.07) is 3.10. The molecule has 20 heavy (non-hydrogen) atoms. The molecule has 2 aromatic rings. The highest BCUT2D eigenvalue weighted by molar-refractivity contribution is 7.89. The van der Waals surface area contributed by atoms with Gasteiger partial charge in [0.1, 0.15) is 10.7 Å². The molecule has 0 aliphatic heterocycles. The molecule has 0 aliphatic carbocycles. The van der Waals surface area contributed by atoms with E-state index in [2.05, 4.69) is 14.7 Å². The predicted molar refractivity (Wildman–Crippen MR) is 74.2 cm³/mol. The van der Waals surface area contributed by atoms with Gasteiger partial charge in [-0.3, -0.25) is 4.98 Å². The minimum atomic E-state index is -3.54. The highest BCUT2D eigenvalue weighted by Crippen LogP contribution is 2.07. The second-order valence-electron chi connectivity index (χ2n) is 4.29. The van der Waals surface area contributed by atoms with Crippen LogP contribution in [-0.2, 0) is 30.0 Å². The Morgan fingerprint density at radius 2 is 2.15 bits per heavy atom. The van der Waals surface area contributed by atoms with Gasteiger partial charge in [0.25, 0.3) is 0 Å². The van der Waals surface area contributed by atoms with Crippen molar-refractivity contribution in [3.63, 3.8) is 0 Å². The molecule has 2 heterocycles. The van der Waals surface area contributed by atoms with Crippen molar-refractivity contribution in [3.8, 4) is 0 Å². The number of sulfonamides is 1. The van der Waals surface area contributed by atoms with E-state index in [-0.39, 0.29) is 18.0 Å². The smallest absolute Gasteiger partial charge is 0.242 e. The third-order valence-corrected chi connectivity index (χ3v) is 4.32. The normalized spacial score (nSPS) is 11.7. The van der Waals surface area contributed by atoms with E-state index in [0.717, 1.165) is 5.82 Å². The van der Waals surface area contributed by atoms with Gasteiger partial charge in [-0.1, -0.05) is 0 Å². The number of rotatable bonds is 6. The first kappa shape index (κ1) is 14.6. The average molecular weight is 295 g/mol. The number of hydrogen-bond donors (Lipinski definition) is 2. The van der Waals surface area contributed by atoms with E-state index in [4.69, 9.17) is 5.73 Å². The molecule has 3 N–H and O–H groups in total. The third-order valence-electron chi connectivity index (χ3n) is 2.88. The Morgan fingerprint density at radius 1 is 1.35 bits per heavy atom.